The summed E-state index contributed by atoms with van der Waals surface area (Å²) in [5.41, 5.74) is 2.52. The zero-order valence-electron chi connectivity index (χ0n) is 22.1. The maximum absolute atomic E-state index is 13.1. The monoisotopic (exact) mass is 539 g/mol. The molecule has 0 radical (unpaired) electrons. The van der Waals surface area contributed by atoms with Gasteiger partial charge in [-0.1, -0.05) is 42.5 Å². The number of carbonyl (C=O) groups excluding carboxylic acids is 2. The highest BCUT2D eigenvalue weighted by molar-refractivity contribution is 6.21. The predicted molar refractivity (Wildman–Crippen MR) is 150 cm³/mol. The summed E-state index contributed by atoms with van der Waals surface area (Å²) in [5.74, 6) is 2.22. The van der Waals surface area contributed by atoms with Gasteiger partial charge in [0.2, 0.25) is 11.9 Å². The number of benzene rings is 3. The molecule has 1 saturated heterocycles. The number of hydrogen-bond donors (Lipinski definition) is 3. The van der Waals surface area contributed by atoms with Gasteiger partial charge in [-0.15, -0.1) is 0 Å². The number of anilines is 3. The van der Waals surface area contributed by atoms with Gasteiger partial charge >= 0.3 is 6.03 Å². The Kier molecular flexibility index (Phi) is 8.00. The van der Waals surface area contributed by atoms with Crippen LogP contribution in [0.2, 0.25) is 0 Å². The SMILES string of the molecule is COc1ccc(CNc2nc(CC3NC(=O)N(c4ccccc4)C3=O)nc(NCc3ccc(OC)cc3)n2)cc1. The second-order valence-corrected chi connectivity index (χ2v) is 9.02. The molecular formula is C29H29N7O4. The number of amides is 3. The van der Waals surface area contributed by atoms with E-state index in [9.17, 15) is 9.59 Å². The van der Waals surface area contributed by atoms with Crippen LogP contribution in [0, 0.1) is 0 Å². The number of nitrogens with one attached hydrogen (secondary N) is 3. The molecule has 0 bridgehead atoms. The maximum atomic E-state index is 13.1. The number of hydrogen-bond acceptors (Lipinski definition) is 9. The average molecular weight is 540 g/mol. The third kappa shape index (κ3) is 6.26. The van der Waals surface area contributed by atoms with Crippen molar-refractivity contribution in [1.82, 2.24) is 20.3 Å². The van der Waals surface area contributed by atoms with E-state index in [0.29, 0.717) is 36.5 Å². The van der Waals surface area contributed by atoms with E-state index in [2.05, 4.69) is 30.9 Å². The third-order valence-corrected chi connectivity index (χ3v) is 6.32. The van der Waals surface area contributed by atoms with Crippen LogP contribution in [-0.4, -0.2) is 47.2 Å². The summed E-state index contributed by atoms with van der Waals surface area (Å²) in [6.07, 6.45) is 0.102. The van der Waals surface area contributed by atoms with Gasteiger partial charge in [0.1, 0.15) is 23.4 Å². The molecule has 3 amide bonds. The van der Waals surface area contributed by atoms with Crippen LogP contribution in [-0.2, 0) is 24.3 Å². The van der Waals surface area contributed by atoms with E-state index in [1.54, 1.807) is 38.5 Å². The van der Waals surface area contributed by atoms with Crippen LogP contribution < -0.4 is 30.3 Å². The molecule has 1 aliphatic heterocycles. The predicted octanol–water partition coefficient (Wildman–Crippen LogP) is 3.78. The molecule has 40 heavy (non-hydrogen) atoms. The van der Waals surface area contributed by atoms with Crippen molar-refractivity contribution in [1.29, 1.82) is 0 Å². The Morgan fingerprint density at radius 2 is 1.27 bits per heavy atom. The van der Waals surface area contributed by atoms with E-state index >= 15 is 0 Å². The Hall–Kier alpha value is -5.19. The molecule has 11 nitrogen and oxygen atoms in total. The summed E-state index contributed by atoms with van der Waals surface area (Å²) in [4.78, 5) is 40.5. The van der Waals surface area contributed by atoms with Crippen molar-refractivity contribution in [2.24, 2.45) is 0 Å². The van der Waals surface area contributed by atoms with Crippen molar-refractivity contribution in [3.8, 4) is 11.5 Å². The van der Waals surface area contributed by atoms with Crippen molar-refractivity contribution in [3.63, 3.8) is 0 Å². The Morgan fingerprint density at radius 1 is 0.750 bits per heavy atom. The molecular weight excluding hydrogens is 510 g/mol. The number of imide groups is 1. The Morgan fingerprint density at radius 3 is 1.77 bits per heavy atom. The van der Waals surface area contributed by atoms with E-state index in [0.717, 1.165) is 27.5 Å². The van der Waals surface area contributed by atoms with Crippen LogP contribution >= 0.6 is 0 Å². The Labute approximate surface area is 231 Å². The van der Waals surface area contributed by atoms with Gasteiger partial charge in [0, 0.05) is 19.5 Å². The van der Waals surface area contributed by atoms with E-state index in [-0.39, 0.29) is 12.3 Å². The summed E-state index contributed by atoms with van der Waals surface area (Å²) < 4.78 is 10.5. The van der Waals surface area contributed by atoms with Crippen LogP contribution in [0.5, 0.6) is 11.5 Å². The summed E-state index contributed by atoms with van der Waals surface area (Å²) in [6, 6.07) is 22.8. The van der Waals surface area contributed by atoms with Gasteiger partial charge in [0.15, 0.2) is 0 Å². The van der Waals surface area contributed by atoms with Crippen LogP contribution in [0.4, 0.5) is 22.4 Å². The highest BCUT2D eigenvalue weighted by Crippen LogP contribution is 2.21. The van der Waals surface area contributed by atoms with Crippen LogP contribution in [0.15, 0.2) is 78.9 Å². The number of nitrogens with zero attached hydrogens (tertiary/aromatic N) is 4. The summed E-state index contributed by atoms with van der Waals surface area (Å²) in [6.45, 7) is 0.929. The van der Waals surface area contributed by atoms with Gasteiger partial charge < -0.3 is 25.4 Å². The molecule has 0 saturated carbocycles. The molecule has 11 heteroatoms. The van der Waals surface area contributed by atoms with E-state index in [4.69, 9.17) is 9.47 Å². The number of methoxy groups -OCH3 is 2. The Balaban J connectivity index is 1.34. The first kappa shape index (κ1) is 26.4. The lowest BCUT2D eigenvalue weighted by Crippen LogP contribution is -2.33. The minimum absolute atomic E-state index is 0.102. The number of carbonyl (C=O) groups is 2. The van der Waals surface area contributed by atoms with E-state index in [1.807, 2.05) is 54.6 Å². The highest BCUT2D eigenvalue weighted by atomic mass is 16.5. The molecule has 1 fully saturated rings. The molecule has 1 unspecified atom stereocenters. The molecule has 3 N–H and O–H groups in total. The third-order valence-electron chi connectivity index (χ3n) is 6.32. The standard InChI is InChI=1S/C29H29N7O4/c1-39-22-12-8-19(9-13-22)17-30-27-33-25(34-28(35-27)31-18-20-10-14-23(40-2)15-11-20)16-24-26(37)36(29(38)32-24)21-6-4-3-5-7-21/h3-15,24H,16-18H2,1-2H3,(H,32,38)(H2,30,31,33,34,35). The zero-order chi connectivity index (χ0) is 27.9. The topological polar surface area (TPSA) is 131 Å². The second-order valence-electron chi connectivity index (χ2n) is 9.02. The smallest absolute Gasteiger partial charge is 0.329 e. The lowest BCUT2D eigenvalue weighted by Gasteiger charge is -2.14. The van der Waals surface area contributed by atoms with E-state index in [1.165, 1.54) is 0 Å². The molecule has 4 aromatic rings. The van der Waals surface area contributed by atoms with Crippen LogP contribution in [0.1, 0.15) is 17.0 Å². The van der Waals surface area contributed by atoms with Crippen LogP contribution in [0.25, 0.3) is 0 Å². The number of aromatic nitrogens is 3. The van der Waals surface area contributed by atoms with Crippen molar-refractivity contribution in [2.45, 2.75) is 25.6 Å². The molecule has 0 aliphatic carbocycles. The van der Waals surface area contributed by atoms with Gasteiger partial charge in [0.25, 0.3) is 5.91 Å². The fourth-order valence-corrected chi connectivity index (χ4v) is 4.19. The first-order valence-electron chi connectivity index (χ1n) is 12.7. The molecule has 5 rings (SSSR count). The first-order valence-corrected chi connectivity index (χ1v) is 12.7. The fraction of sp³-hybridized carbons (Fsp3) is 0.207. The number of rotatable bonds is 11. The second kappa shape index (κ2) is 12.1. The quantitative estimate of drug-likeness (QED) is 0.244. The normalized spacial score (nSPS) is 14.6. The number of ether oxygens (including phenoxy) is 2. The molecule has 3 aromatic carbocycles. The Bertz CT molecular complexity index is 1390. The fourth-order valence-electron chi connectivity index (χ4n) is 4.19. The molecule has 2 heterocycles. The van der Waals surface area contributed by atoms with Gasteiger partial charge in [-0.25, -0.2) is 9.69 Å². The lowest BCUT2D eigenvalue weighted by molar-refractivity contribution is -0.118. The summed E-state index contributed by atoms with van der Waals surface area (Å²) in [7, 11) is 3.24. The zero-order valence-corrected chi connectivity index (χ0v) is 22.1. The summed E-state index contributed by atoms with van der Waals surface area (Å²) in [5, 5.41) is 9.21. The van der Waals surface area contributed by atoms with Gasteiger partial charge in [-0.3, -0.25) is 4.79 Å². The van der Waals surface area contributed by atoms with Crippen molar-refractivity contribution in [2.75, 3.05) is 29.8 Å². The van der Waals surface area contributed by atoms with Gasteiger partial charge in [0.05, 0.1) is 19.9 Å². The highest BCUT2D eigenvalue weighted by Gasteiger charge is 2.39. The minimum Gasteiger partial charge on any atom is -0.497 e. The molecule has 1 aromatic heterocycles. The molecule has 1 aliphatic rings. The van der Waals surface area contributed by atoms with Crippen LogP contribution in [0.3, 0.4) is 0 Å². The largest absolute Gasteiger partial charge is 0.497 e. The average Bonchev–Trinajstić information content (AvgIpc) is 3.27. The minimum atomic E-state index is -0.806. The summed E-state index contributed by atoms with van der Waals surface area (Å²) >= 11 is 0. The van der Waals surface area contributed by atoms with Crippen molar-refractivity contribution in [3.05, 3.63) is 95.8 Å². The van der Waals surface area contributed by atoms with Gasteiger partial charge in [-0.2, -0.15) is 15.0 Å². The van der Waals surface area contributed by atoms with Gasteiger partial charge in [-0.05, 0) is 47.5 Å². The lowest BCUT2D eigenvalue weighted by atomic mass is 10.2. The number of urea groups is 1. The molecule has 0 spiro atoms. The molecule has 1 atom stereocenters. The maximum Gasteiger partial charge on any atom is 0.329 e. The van der Waals surface area contributed by atoms with Crippen molar-refractivity contribution >= 4 is 29.5 Å². The first-order chi connectivity index (χ1) is 19.5. The van der Waals surface area contributed by atoms with Crippen molar-refractivity contribution < 1.29 is 19.1 Å². The molecule has 204 valence electrons. The number of para-hydroxylation sites is 1. The van der Waals surface area contributed by atoms with E-state index < -0.39 is 12.1 Å².